The Labute approximate surface area is 147 Å². The molecule has 0 radical (unpaired) electrons. The van der Waals surface area contributed by atoms with Gasteiger partial charge in [0.2, 0.25) is 15.9 Å². The van der Waals surface area contributed by atoms with E-state index in [0.29, 0.717) is 11.7 Å². The monoisotopic (exact) mass is 356 g/mol. The zero-order chi connectivity index (χ0) is 17.9. The van der Waals surface area contributed by atoms with Crippen LogP contribution in [-0.4, -0.2) is 19.4 Å². The molecule has 1 unspecified atom stereocenters. The SMILES string of the molecule is CCC(C)NS(=O)(=O)c1ccc(-c2ncc(-c3ccccc3)o2)cc1. The number of hydrogen-bond donors (Lipinski definition) is 1. The highest BCUT2D eigenvalue weighted by atomic mass is 32.2. The molecule has 0 aliphatic heterocycles. The number of oxazole rings is 1. The van der Waals surface area contributed by atoms with Crippen molar-refractivity contribution in [2.75, 3.05) is 0 Å². The van der Waals surface area contributed by atoms with E-state index in [1.807, 2.05) is 44.2 Å². The number of hydrogen-bond acceptors (Lipinski definition) is 4. The molecule has 0 amide bonds. The standard InChI is InChI=1S/C19H20N2O3S/c1-3-14(2)21-25(22,23)17-11-9-16(10-12-17)19-20-13-18(24-19)15-7-5-4-6-8-15/h4-14,21H,3H2,1-2H3. The van der Waals surface area contributed by atoms with E-state index < -0.39 is 10.0 Å². The van der Waals surface area contributed by atoms with E-state index in [0.717, 1.165) is 17.5 Å². The fourth-order valence-corrected chi connectivity index (χ4v) is 3.66. The topological polar surface area (TPSA) is 72.2 Å². The molecule has 2 aromatic carbocycles. The lowest BCUT2D eigenvalue weighted by Crippen LogP contribution is -2.31. The zero-order valence-electron chi connectivity index (χ0n) is 14.1. The van der Waals surface area contributed by atoms with Crippen LogP contribution in [0.5, 0.6) is 0 Å². The lowest BCUT2D eigenvalue weighted by atomic mass is 10.2. The quantitative estimate of drug-likeness (QED) is 0.722. The van der Waals surface area contributed by atoms with Gasteiger partial charge in [0.1, 0.15) is 0 Å². The molecule has 5 nitrogen and oxygen atoms in total. The Kier molecular flexibility index (Phi) is 5.01. The van der Waals surface area contributed by atoms with E-state index in [2.05, 4.69) is 9.71 Å². The number of nitrogens with zero attached hydrogens (tertiary/aromatic N) is 1. The van der Waals surface area contributed by atoms with Crippen molar-refractivity contribution < 1.29 is 12.8 Å². The summed E-state index contributed by atoms with van der Waals surface area (Å²) in [6.07, 6.45) is 2.40. The molecule has 6 heteroatoms. The second-order valence-electron chi connectivity index (χ2n) is 5.85. The second-order valence-corrected chi connectivity index (χ2v) is 7.56. The maximum atomic E-state index is 12.3. The third kappa shape index (κ3) is 3.97. The molecule has 3 aromatic rings. The van der Waals surface area contributed by atoms with Crippen molar-refractivity contribution in [1.29, 1.82) is 0 Å². The lowest BCUT2D eigenvalue weighted by molar-refractivity contribution is 0.555. The van der Waals surface area contributed by atoms with Crippen molar-refractivity contribution >= 4 is 10.0 Å². The third-order valence-corrected chi connectivity index (χ3v) is 5.55. The molecular weight excluding hydrogens is 336 g/mol. The van der Waals surface area contributed by atoms with Crippen LogP contribution < -0.4 is 4.72 Å². The Morgan fingerprint density at radius 3 is 2.36 bits per heavy atom. The van der Waals surface area contributed by atoms with E-state index in [4.69, 9.17) is 4.42 Å². The number of rotatable bonds is 6. The molecule has 0 spiro atoms. The Morgan fingerprint density at radius 2 is 1.72 bits per heavy atom. The normalized spacial score (nSPS) is 12.9. The third-order valence-electron chi connectivity index (χ3n) is 3.94. The molecule has 1 N–H and O–H groups in total. The molecule has 0 aliphatic rings. The van der Waals surface area contributed by atoms with Gasteiger partial charge < -0.3 is 4.42 Å². The van der Waals surface area contributed by atoms with Crippen LogP contribution in [0.4, 0.5) is 0 Å². The first-order chi connectivity index (χ1) is 12.0. The molecule has 1 aromatic heterocycles. The molecule has 0 saturated heterocycles. The van der Waals surface area contributed by atoms with Gasteiger partial charge in [0.25, 0.3) is 0 Å². The molecule has 0 fully saturated rings. The average molecular weight is 356 g/mol. The molecule has 0 bridgehead atoms. The maximum absolute atomic E-state index is 12.3. The van der Waals surface area contributed by atoms with Crippen LogP contribution in [0.25, 0.3) is 22.8 Å². The summed E-state index contributed by atoms with van der Waals surface area (Å²) in [4.78, 5) is 4.51. The summed E-state index contributed by atoms with van der Waals surface area (Å²) in [7, 11) is -3.51. The van der Waals surface area contributed by atoms with Crippen molar-refractivity contribution in [3.05, 3.63) is 60.8 Å². The summed E-state index contributed by atoms with van der Waals surface area (Å²) < 4.78 is 33.0. The van der Waals surface area contributed by atoms with Crippen LogP contribution in [-0.2, 0) is 10.0 Å². The second kappa shape index (κ2) is 7.21. The minimum Gasteiger partial charge on any atom is -0.436 e. The molecular formula is C19H20N2O3S. The summed E-state index contributed by atoms with van der Waals surface area (Å²) in [5.74, 6) is 1.13. The fourth-order valence-electron chi connectivity index (χ4n) is 2.34. The van der Waals surface area contributed by atoms with Crippen molar-refractivity contribution in [1.82, 2.24) is 9.71 Å². The first kappa shape index (κ1) is 17.4. The van der Waals surface area contributed by atoms with E-state index >= 15 is 0 Å². The van der Waals surface area contributed by atoms with Crippen LogP contribution in [0.15, 0.2) is 70.1 Å². The van der Waals surface area contributed by atoms with E-state index in [9.17, 15) is 8.42 Å². The zero-order valence-corrected chi connectivity index (χ0v) is 15.0. The molecule has 130 valence electrons. The lowest BCUT2D eigenvalue weighted by Gasteiger charge is -2.12. The Morgan fingerprint density at radius 1 is 1.04 bits per heavy atom. The predicted molar refractivity (Wildman–Crippen MR) is 97.4 cm³/mol. The van der Waals surface area contributed by atoms with E-state index in [1.54, 1.807) is 30.5 Å². The number of sulfonamides is 1. The molecule has 3 rings (SSSR count). The largest absolute Gasteiger partial charge is 0.436 e. The fraction of sp³-hybridized carbons (Fsp3) is 0.211. The summed E-state index contributed by atoms with van der Waals surface area (Å²) >= 11 is 0. The summed E-state index contributed by atoms with van der Waals surface area (Å²) in [5.41, 5.74) is 1.67. The minimum absolute atomic E-state index is 0.107. The Hall–Kier alpha value is -2.44. The van der Waals surface area contributed by atoms with Crippen LogP contribution >= 0.6 is 0 Å². The molecule has 25 heavy (non-hydrogen) atoms. The summed E-state index contributed by atoms with van der Waals surface area (Å²) in [6, 6.07) is 16.1. The Balaban J connectivity index is 1.83. The van der Waals surface area contributed by atoms with Crippen LogP contribution in [0.1, 0.15) is 20.3 Å². The highest BCUT2D eigenvalue weighted by molar-refractivity contribution is 7.89. The smallest absolute Gasteiger partial charge is 0.240 e. The van der Waals surface area contributed by atoms with Gasteiger partial charge in [-0.1, -0.05) is 37.3 Å². The highest BCUT2D eigenvalue weighted by Gasteiger charge is 2.17. The van der Waals surface area contributed by atoms with Gasteiger partial charge in [0.15, 0.2) is 5.76 Å². The molecule has 1 atom stereocenters. The van der Waals surface area contributed by atoms with E-state index in [-0.39, 0.29) is 10.9 Å². The summed E-state index contributed by atoms with van der Waals surface area (Å²) in [5, 5.41) is 0. The Bertz CT molecular complexity index is 932. The van der Waals surface area contributed by atoms with Gasteiger partial charge in [0.05, 0.1) is 11.1 Å². The van der Waals surface area contributed by atoms with Gasteiger partial charge in [-0.25, -0.2) is 18.1 Å². The number of nitrogens with one attached hydrogen (secondary N) is 1. The average Bonchev–Trinajstić information content (AvgIpc) is 3.12. The first-order valence-electron chi connectivity index (χ1n) is 8.13. The van der Waals surface area contributed by atoms with Crippen LogP contribution in [0, 0.1) is 0 Å². The molecule has 1 heterocycles. The first-order valence-corrected chi connectivity index (χ1v) is 9.62. The van der Waals surface area contributed by atoms with Gasteiger partial charge in [0, 0.05) is 17.2 Å². The van der Waals surface area contributed by atoms with Gasteiger partial charge in [-0.3, -0.25) is 0 Å². The summed E-state index contributed by atoms with van der Waals surface area (Å²) in [6.45, 7) is 3.77. The minimum atomic E-state index is -3.51. The highest BCUT2D eigenvalue weighted by Crippen LogP contribution is 2.26. The van der Waals surface area contributed by atoms with Gasteiger partial charge in [-0.15, -0.1) is 0 Å². The van der Waals surface area contributed by atoms with Gasteiger partial charge in [-0.2, -0.15) is 0 Å². The number of benzene rings is 2. The van der Waals surface area contributed by atoms with Crippen molar-refractivity contribution in [3.63, 3.8) is 0 Å². The van der Waals surface area contributed by atoms with Crippen molar-refractivity contribution in [3.8, 4) is 22.8 Å². The maximum Gasteiger partial charge on any atom is 0.240 e. The molecule has 0 saturated carbocycles. The van der Waals surface area contributed by atoms with Crippen molar-refractivity contribution in [2.24, 2.45) is 0 Å². The molecule has 0 aliphatic carbocycles. The van der Waals surface area contributed by atoms with E-state index in [1.165, 1.54) is 0 Å². The predicted octanol–water partition coefficient (Wildman–Crippen LogP) is 4.09. The van der Waals surface area contributed by atoms with Crippen LogP contribution in [0.3, 0.4) is 0 Å². The number of aromatic nitrogens is 1. The van der Waals surface area contributed by atoms with Gasteiger partial charge in [-0.05, 0) is 37.6 Å². The van der Waals surface area contributed by atoms with Crippen LogP contribution in [0.2, 0.25) is 0 Å². The van der Waals surface area contributed by atoms with Gasteiger partial charge >= 0.3 is 0 Å². The van der Waals surface area contributed by atoms with Crippen molar-refractivity contribution in [2.45, 2.75) is 31.2 Å².